The van der Waals surface area contributed by atoms with E-state index in [0.717, 1.165) is 0 Å². The quantitative estimate of drug-likeness (QED) is 0.355. The number of aliphatic hydroxyl groups is 1. The molecule has 0 fully saturated rings. The number of nitrogens with two attached hydrogens (primary N) is 1. The molecule has 0 saturated carbocycles. The van der Waals surface area contributed by atoms with E-state index in [2.05, 4.69) is 10.1 Å². The fraction of sp³-hybridized carbons (Fsp3) is 0.667. The summed E-state index contributed by atoms with van der Waals surface area (Å²) in [7, 11) is 1.18. The van der Waals surface area contributed by atoms with E-state index in [9.17, 15) is 9.59 Å². The van der Waals surface area contributed by atoms with Gasteiger partial charge in [-0.2, -0.15) is 0 Å². The van der Waals surface area contributed by atoms with Crippen LogP contribution in [-0.2, 0) is 14.3 Å². The monoisotopic (exact) mass is 192 g/mol. The fourth-order valence-electron chi connectivity index (χ4n) is 0.659. The van der Waals surface area contributed by atoms with Gasteiger partial charge in [-0.3, -0.25) is 14.9 Å². The molecule has 0 aromatic rings. The lowest BCUT2D eigenvalue weighted by Crippen LogP contribution is -2.46. The van der Waals surface area contributed by atoms with Gasteiger partial charge >= 0.3 is 5.97 Å². The Morgan fingerprint density at radius 1 is 1.62 bits per heavy atom. The molecule has 0 saturated heterocycles. The minimum Gasteiger partial charge on any atom is -0.480 e. The average Bonchev–Trinajstić information content (AvgIpc) is 2.02. The zero-order chi connectivity index (χ0) is 10.4. The van der Waals surface area contributed by atoms with Crippen LogP contribution in [0.1, 0.15) is 6.42 Å². The van der Waals surface area contributed by atoms with Crippen molar-refractivity contribution in [2.24, 2.45) is 5.73 Å². The molecule has 0 aromatic carbocycles. The highest BCUT2D eigenvalue weighted by molar-refractivity contribution is 5.83. The molecule has 0 aromatic heterocycles. The molecule has 0 aliphatic heterocycles. The van der Waals surface area contributed by atoms with Gasteiger partial charge in [0.1, 0.15) is 6.04 Å². The topological polar surface area (TPSA) is 122 Å². The van der Waals surface area contributed by atoms with E-state index in [1.807, 2.05) is 0 Å². The molecule has 5 N–H and O–H groups in total. The summed E-state index contributed by atoms with van der Waals surface area (Å²) in [5.74, 6) is -2.06. The van der Waals surface area contributed by atoms with Gasteiger partial charge in [-0.05, 0) is 0 Å². The van der Waals surface area contributed by atoms with E-state index in [1.54, 1.807) is 0 Å². The summed E-state index contributed by atoms with van der Waals surface area (Å²) < 4.78 is 4.34. The van der Waals surface area contributed by atoms with Crippen molar-refractivity contribution in [3.8, 4) is 0 Å². The van der Waals surface area contributed by atoms with Crippen LogP contribution in [0.25, 0.3) is 0 Å². The second-order valence-corrected chi connectivity index (χ2v) is 2.32. The zero-order valence-corrected chi connectivity index (χ0v) is 7.06. The summed E-state index contributed by atoms with van der Waals surface area (Å²) in [6.45, 7) is 0. The molecule has 7 heteroatoms. The first-order valence-electron chi connectivity index (χ1n) is 3.45. The van der Waals surface area contributed by atoms with Crippen molar-refractivity contribution in [3.63, 3.8) is 0 Å². The number of hydrogen-bond donors (Lipinski definition) is 4. The number of carbonyl (C=O) groups is 2. The lowest BCUT2D eigenvalue weighted by atomic mass is 10.2. The lowest BCUT2D eigenvalue weighted by molar-refractivity contribution is -0.149. The molecule has 0 spiro atoms. The molecule has 0 radical (unpaired) electrons. The molecule has 0 heterocycles. The number of aliphatic carboxylic acids is 1. The summed E-state index contributed by atoms with van der Waals surface area (Å²) in [6.07, 6.45) is -1.84. The molecular weight excluding hydrogens is 180 g/mol. The second-order valence-electron chi connectivity index (χ2n) is 2.32. The first-order valence-corrected chi connectivity index (χ1v) is 3.45. The molecule has 13 heavy (non-hydrogen) atoms. The van der Waals surface area contributed by atoms with Gasteiger partial charge in [-0.25, -0.2) is 0 Å². The molecular formula is C6H12N2O5. The van der Waals surface area contributed by atoms with Gasteiger partial charge in [0.05, 0.1) is 6.42 Å². The van der Waals surface area contributed by atoms with Crippen molar-refractivity contribution in [1.82, 2.24) is 5.32 Å². The summed E-state index contributed by atoms with van der Waals surface area (Å²) in [6, 6.07) is -1.24. The van der Waals surface area contributed by atoms with Crippen LogP contribution in [0.15, 0.2) is 0 Å². The molecule has 0 aliphatic rings. The molecule has 0 aliphatic carbocycles. The van der Waals surface area contributed by atoms with Crippen LogP contribution in [0.4, 0.5) is 0 Å². The summed E-state index contributed by atoms with van der Waals surface area (Å²) in [4.78, 5) is 20.8. The number of aliphatic hydroxyl groups excluding tert-OH is 1. The SMILES string of the molecule is COC(O)NC(CC(N)=O)C(=O)O. The van der Waals surface area contributed by atoms with Crippen molar-refractivity contribution in [2.45, 2.75) is 18.9 Å². The molecule has 7 nitrogen and oxygen atoms in total. The molecule has 1 amide bonds. The van der Waals surface area contributed by atoms with E-state index in [-0.39, 0.29) is 0 Å². The van der Waals surface area contributed by atoms with Gasteiger partial charge in [0.25, 0.3) is 0 Å². The van der Waals surface area contributed by atoms with Gasteiger partial charge < -0.3 is 20.7 Å². The Morgan fingerprint density at radius 2 is 2.15 bits per heavy atom. The molecule has 2 atom stereocenters. The zero-order valence-electron chi connectivity index (χ0n) is 7.06. The third kappa shape index (κ3) is 5.12. The minimum absolute atomic E-state index is 0.407. The van der Waals surface area contributed by atoms with Crippen molar-refractivity contribution in [1.29, 1.82) is 0 Å². The Morgan fingerprint density at radius 3 is 2.46 bits per heavy atom. The van der Waals surface area contributed by atoms with Gasteiger partial charge in [0.2, 0.25) is 12.3 Å². The summed E-state index contributed by atoms with van der Waals surface area (Å²) >= 11 is 0. The highest BCUT2D eigenvalue weighted by atomic mass is 16.6. The molecule has 76 valence electrons. The van der Waals surface area contributed by atoms with Gasteiger partial charge in [0.15, 0.2) is 0 Å². The Kier molecular flexibility index (Phi) is 4.97. The highest BCUT2D eigenvalue weighted by Gasteiger charge is 2.21. The molecule has 0 bridgehead atoms. The number of rotatable bonds is 6. The largest absolute Gasteiger partial charge is 0.480 e. The number of carbonyl (C=O) groups excluding carboxylic acids is 1. The van der Waals surface area contributed by atoms with Crippen molar-refractivity contribution in [2.75, 3.05) is 7.11 Å². The maximum Gasteiger partial charge on any atom is 0.321 e. The smallest absolute Gasteiger partial charge is 0.321 e. The maximum absolute atomic E-state index is 10.4. The number of ether oxygens (including phenoxy) is 1. The summed E-state index contributed by atoms with van der Waals surface area (Å²) in [5.41, 5.74) is 4.78. The summed E-state index contributed by atoms with van der Waals surface area (Å²) in [5, 5.41) is 19.5. The van der Waals surface area contributed by atoms with Gasteiger partial charge in [-0.1, -0.05) is 0 Å². The fourth-order valence-corrected chi connectivity index (χ4v) is 0.659. The van der Waals surface area contributed by atoms with E-state index < -0.39 is 30.8 Å². The number of amides is 1. The van der Waals surface area contributed by atoms with Gasteiger partial charge in [0, 0.05) is 7.11 Å². The predicted molar refractivity (Wildman–Crippen MR) is 41.4 cm³/mol. The first-order chi connectivity index (χ1) is 5.97. The standard InChI is InChI=1S/C6H12N2O5/c1-13-6(12)8-3(5(10)11)2-4(7)9/h3,6,8,12H,2H2,1H3,(H2,7,9)(H,10,11). The number of hydrogen-bond acceptors (Lipinski definition) is 5. The van der Waals surface area contributed by atoms with Crippen LogP contribution in [-0.4, -0.2) is 41.7 Å². The van der Waals surface area contributed by atoms with Crippen LogP contribution in [0.5, 0.6) is 0 Å². The van der Waals surface area contributed by atoms with E-state index in [4.69, 9.17) is 15.9 Å². The minimum atomic E-state index is -1.43. The molecule has 2 unspecified atom stereocenters. The first kappa shape index (κ1) is 11.8. The highest BCUT2D eigenvalue weighted by Crippen LogP contribution is 1.93. The van der Waals surface area contributed by atoms with Crippen LogP contribution in [0.2, 0.25) is 0 Å². The normalized spacial score (nSPS) is 14.9. The molecule has 0 rings (SSSR count). The van der Waals surface area contributed by atoms with Crippen molar-refractivity contribution >= 4 is 11.9 Å². The number of methoxy groups -OCH3 is 1. The number of carboxylic acid groups (broad SMARTS) is 1. The number of nitrogens with one attached hydrogen (secondary N) is 1. The van der Waals surface area contributed by atoms with Crippen LogP contribution < -0.4 is 11.1 Å². The Hall–Kier alpha value is -1.18. The van der Waals surface area contributed by atoms with Gasteiger partial charge in [-0.15, -0.1) is 0 Å². The van der Waals surface area contributed by atoms with Crippen LogP contribution in [0.3, 0.4) is 0 Å². The second kappa shape index (κ2) is 5.46. The van der Waals surface area contributed by atoms with E-state index in [1.165, 1.54) is 7.11 Å². The van der Waals surface area contributed by atoms with Crippen molar-refractivity contribution < 1.29 is 24.5 Å². The third-order valence-electron chi connectivity index (χ3n) is 1.27. The van der Waals surface area contributed by atoms with E-state index in [0.29, 0.717) is 0 Å². The van der Waals surface area contributed by atoms with Crippen LogP contribution >= 0.6 is 0 Å². The third-order valence-corrected chi connectivity index (χ3v) is 1.27. The maximum atomic E-state index is 10.4. The van der Waals surface area contributed by atoms with Crippen molar-refractivity contribution in [3.05, 3.63) is 0 Å². The Bertz CT molecular complexity index is 195. The van der Waals surface area contributed by atoms with Crippen LogP contribution in [0, 0.1) is 0 Å². The lowest BCUT2D eigenvalue weighted by Gasteiger charge is -2.16. The Labute approximate surface area is 74.5 Å². The number of primary amides is 1. The average molecular weight is 192 g/mol. The Balaban J connectivity index is 4.10. The van der Waals surface area contributed by atoms with E-state index >= 15 is 0 Å². The predicted octanol–water partition coefficient (Wildman–Crippen LogP) is -2.17. The number of carboxylic acids is 1.